The molecule has 3 aromatic rings. The van der Waals surface area contributed by atoms with Crippen LogP contribution in [0.5, 0.6) is 5.75 Å². The molecule has 0 saturated carbocycles. The number of nitrogens with zero attached hydrogens (tertiary/aromatic N) is 3. The van der Waals surface area contributed by atoms with Crippen molar-refractivity contribution in [3.05, 3.63) is 59.7 Å². The number of benzene rings is 2. The van der Waals surface area contributed by atoms with Crippen LogP contribution < -0.4 is 15.4 Å². The molecule has 3 aliphatic rings. The van der Waals surface area contributed by atoms with Crippen LogP contribution in [0.1, 0.15) is 19.3 Å². The van der Waals surface area contributed by atoms with Gasteiger partial charge in [-0.2, -0.15) is 0 Å². The minimum atomic E-state index is -0.508. The highest BCUT2D eigenvalue weighted by atomic mass is 35.5. The number of morpholine rings is 1. The summed E-state index contributed by atoms with van der Waals surface area (Å²) >= 11 is 5.96. The van der Waals surface area contributed by atoms with Gasteiger partial charge in [-0.15, -0.1) is 0 Å². The number of fused-ring (bicyclic) bond motifs is 3. The quantitative estimate of drug-likeness (QED) is 0.388. The number of hydrogen-bond acceptors (Lipinski definition) is 8. The number of carbonyl (C=O) groups excluding carboxylic acids is 1. The molecule has 0 aliphatic carbocycles. The number of rotatable bonds is 8. The minimum absolute atomic E-state index is 0.00217. The number of nitrogens with one attached hydrogen (secondary N) is 2. The average Bonchev–Trinajstić information content (AvgIpc) is 3.50. The van der Waals surface area contributed by atoms with Crippen molar-refractivity contribution < 1.29 is 23.4 Å². The Labute approximate surface area is 230 Å². The van der Waals surface area contributed by atoms with Crippen LogP contribution in [0.2, 0.25) is 5.02 Å². The lowest BCUT2D eigenvalue weighted by molar-refractivity contribution is -0.112. The Bertz CT molecular complexity index is 1380. The van der Waals surface area contributed by atoms with Crippen molar-refractivity contribution >= 4 is 45.6 Å². The lowest BCUT2D eigenvalue weighted by atomic mass is 10.1. The van der Waals surface area contributed by atoms with E-state index in [1.54, 1.807) is 24.3 Å². The molecule has 0 radical (unpaired) electrons. The van der Waals surface area contributed by atoms with Gasteiger partial charge in [-0.25, -0.2) is 14.4 Å². The van der Waals surface area contributed by atoms with Crippen LogP contribution in [0.25, 0.3) is 10.9 Å². The molecule has 1 amide bonds. The molecule has 3 fully saturated rings. The van der Waals surface area contributed by atoms with Crippen molar-refractivity contribution in [2.75, 3.05) is 43.6 Å². The second kappa shape index (κ2) is 11.4. The highest BCUT2D eigenvalue weighted by Gasteiger charge is 2.36. The van der Waals surface area contributed by atoms with E-state index in [1.165, 1.54) is 18.5 Å². The van der Waals surface area contributed by atoms with Crippen molar-refractivity contribution in [1.82, 2.24) is 14.9 Å². The van der Waals surface area contributed by atoms with Gasteiger partial charge in [0.05, 0.1) is 42.7 Å². The van der Waals surface area contributed by atoms with Crippen molar-refractivity contribution in [1.29, 1.82) is 0 Å². The summed E-state index contributed by atoms with van der Waals surface area (Å²) in [6.45, 7) is 3.32. The van der Waals surface area contributed by atoms with Crippen LogP contribution in [-0.2, 0) is 14.3 Å². The summed E-state index contributed by atoms with van der Waals surface area (Å²) in [6, 6.07) is 8.74. The van der Waals surface area contributed by atoms with Crippen LogP contribution in [0, 0.1) is 5.82 Å². The number of anilines is 3. The fraction of sp³-hybridized carbons (Fsp3) is 0.393. The summed E-state index contributed by atoms with van der Waals surface area (Å²) in [5, 5.41) is 6.79. The molecular weight excluding hydrogens is 525 g/mol. The van der Waals surface area contributed by atoms with Crippen molar-refractivity contribution in [3.63, 3.8) is 0 Å². The first-order chi connectivity index (χ1) is 19.0. The number of amides is 1. The first-order valence-electron chi connectivity index (χ1n) is 13.1. The average molecular weight is 554 g/mol. The minimum Gasteiger partial charge on any atom is -0.486 e. The number of aromatic nitrogens is 2. The first kappa shape index (κ1) is 25.9. The molecule has 2 unspecified atom stereocenters. The van der Waals surface area contributed by atoms with Gasteiger partial charge in [-0.05, 0) is 37.1 Å². The van der Waals surface area contributed by atoms with Crippen molar-refractivity contribution in [2.45, 2.75) is 37.5 Å². The molecule has 3 aliphatic heterocycles. The molecule has 9 nitrogen and oxygen atoms in total. The zero-order valence-electron chi connectivity index (χ0n) is 21.2. The molecule has 4 heterocycles. The Kier molecular flexibility index (Phi) is 7.60. The maximum atomic E-state index is 13.6. The van der Waals surface area contributed by atoms with Crippen molar-refractivity contribution in [2.24, 2.45) is 0 Å². The fourth-order valence-corrected chi connectivity index (χ4v) is 5.52. The molecule has 3 atom stereocenters. The van der Waals surface area contributed by atoms with Gasteiger partial charge in [0.2, 0.25) is 5.91 Å². The standard InChI is InChI=1S/C28H29ClFN5O4/c29-22-10-17(3-6-23(22)30)33-28-21-11-25(26(12-24(21)31-16-32-28)39-20-7-9-37-15-20)34-27(36)2-1-8-35-18-4-5-19(35)14-38-13-18/h1-3,6,10-12,16,18-20H,4-5,7-9,13-15H2,(H,34,36)(H,31,32,33)/t18?,19?,20-/m0/s1. The molecule has 1 aromatic heterocycles. The van der Waals surface area contributed by atoms with E-state index < -0.39 is 5.82 Å². The van der Waals surface area contributed by atoms with Crippen LogP contribution in [0.3, 0.4) is 0 Å². The van der Waals surface area contributed by atoms with E-state index in [0.29, 0.717) is 65.7 Å². The van der Waals surface area contributed by atoms with Gasteiger partial charge in [0, 0.05) is 48.3 Å². The highest BCUT2D eigenvalue weighted by Crippen LogP contribution is 2.35. The van der Waals surface area contributed by atoms with E-state index in [-0.39, 0.29) is 17.0 Å². The number of hydrogen-bond donors (Lipinski definition) is 2. The Morgan fingerprint density at radius 1 is 1.13 bits per heavy atom. The summed E-state index contributed by atoms with van der Waals surface area (Å²) in [7, 11) is 0. The smallest absolute Gasteiger partial charge is 0.248 e. The van der Waals surface area contributed by atoms with Gasteiger partial charge in [0.1, 0.15) is 29.8 Å². The summed E-state index contributed by atoms with van der Waals surface area (Å²) in [4.78, 5) is 24.2. The summed E-state index contributed by atoms with van der Waals surface area (Å²) < 4.78 is 31.0. The van der Waals surface area contributed by atoms with E-state index in [1.807, 2.05) is 6.08 Å². The van der Waals surface area contributed by atoms with Crippen LogP contribution in [0.4, 0.5) is 21.6 Å². The van der Waals surface area contributed by atoms with E-state index >= 15 is 0 Å². The molecule has 0 spiro atoms. The molecule has 204 valence electrons. The third-order valence-corrected chi connectivity index (χ3v) is 7.63. The molecule has 2 aromatic carbocycles. The maximum Gasteiger partial charge on any atom is 0.248 e. The monoisotopic (exact) mass is 553 g/mol. The van der Waals surface area contributed by atoms with E-state index in [9.17, 15) is 9.18 Å². The Morgan fingerprint density at radius 3 is 2.74 bits per heavy atom. The molecule has 2 bridgehead atoms. The van der Waals surface area contributed by atoms with Crippen LogP contribution >= 0.6 is 11.6 Å². The molecule has 11 heteroatoms. The fourth-order valence-electron chi connectivity index (χ4n) is 5.34. The van der Waals surface area contributed by atoms with Gasteiger partial charge < -0.3 is 24.8 Å². The zero-order chi connectivity index (χ0) is 26.8. The van der Waals surface area contributed by atoms with Gasteiger partial charge >= 0.3 is 0 Å². The number of carbonyl (C=O) groups is 1. The second-order valence-electron chi connectivity index (χ2n) is 9.96. The van der Waals surface area contributed by atoms with Crippen LogP contribution in [0.15, 0.2) is 48.8 Å². The summed E-state index contributed by atoms with van der Waals surface area (Å²) in [5.74, 6) is 0.207. The van der Waals surface area contributed by atoms with Gasteiger partial charge in [0.25, 0.3) is 0 Å². The zero-order valence-corrected chi connectivity index (χ0v) is 22.0. The topological polar surface area (TPSA) is 97.8 Å². The second-order valence-corrected chi connectivity index (χ2v) is 10.4. The van der Waals surface area contributed by atoms with E-state index in [0.717, 1.165) is 32.5 Å². The van der Waals surface area contributed by atoms with Gasteiger partial charge in [0.15, 0.2) is 0 Å². The first-order valence-corrected chi connectivity index (χ1v) is 13.5. The molecular formula is C28H29ClFN5O4. The predicted octanol–water partition coefficient (Wildman–Crippen LogP) is 4.69. The largest absolute Gasteiger partial charge is 0.486 e. The summed E-state index contributed by atoms with van der Waals surface area (Å²) in [6.07, 6.45) is 7.79. The normalized spacial score (nSPS) is 23.0. The third-order valence-electron chi connectivity index (χ3n) is 7.34. The lowest BCUT2D eigenvalue weighted by Crippen LogP contribution is -2.45. The molecule has 2 N–H and O–H groups in total. The molecule has 39 heavy (non-hydrogen) atoms. The van der Waals surface area contributed by atoms with Gasteiger partial charge in [-0.3, -0.25) is 9.69 Å². The lowest BCUT2D eigenvalue weighted by Gasteiger charge is -2.33. The Balaban J connectivity index is 1.25. The Morgan fingerprint density at radius 2 is 1.97 bits per heavy atom. The molecule has 6 rings (SSSR count). The third kappa shape index (κ3) is 5.84. The summed E-state index contributed by atoms with van der Waals surface area (Å²) in [5.41, 5.74) is 1.67. The Hall–Kier alpha value is -3.31. The number of ether oxygens (including phenoxy) is 3. The number of halogens is 2. The highest BCUT2D eigenvalue weighted by molar-refractivity contribution is 6.31. The van der Waals surface area contributed by atoms with E-state index in [4.69, 9.17) is 25.8 Å². The SMILES string of the molecule is O=C(C=CCN1C2CCC1COC2)Nc1cc2c(Nc3ccc(F)c(Cl)c3)ncnc2cc1O[C@H]1CCOC1. The predicted molar refractivity (Wildman–Crippen MR) is 146 cm³/mol. The van der Waals surface area contributed by atoms with Gasteiger partial charge in [-0.1, -0.05) is 17.7 Å². The molecule has 3 saturated heterocycles. The van der Waals surface area contributed by atoms with E-state index in [2.05, 4.69) is 25.5 Å². The van der Waals surface area contributed by atoms with Crippen LogP contribution in [-0.4, -0.2) is 71.9 Å². The van der Waals surface area contributed by atoms with Crippen molar-refractivity contribution in [3.8, 4) is 5.75 Å². The maximum absolute atomic E-state index is 13.6.